The van der Waals surface area contributed by atoms with Crippen LogP contribution in [0.4, 0.5) is 13.2 Å². The minimum absolute atomic E-state index is 0.0462. The van der Waals surface area contributed by atoms with E-state index < -0.39 is 35.6 Å². The fraction of sp³-hybridized carbons (Fsp3) is 0.500. The van der Waals surface area contributed by atoms with Gasteiger partial charge in [0.2, 0.25) is 17.4 Å². The van der Waals surface area contributed by atoms with Gasteiger partial charge in [0, 0.05) is 10.2 Å². The summed E-state index contributed by atoms with van der Waals surface area (Å²) in [6.07, 6.45) is -4.70. The summed E-state index contributed by atoms with van der Waals surface area (Å²) in [6, 6.07) is 3.39. The molecule has 4 N–H and O–H groups in total. The molecule has 3 atom stereocenters. The minimum Gasteiger partial charge on any atom is -0.368 e. The van der Waals surface area contributed by atoms with Crippen LogP contribution in [-0.4, -0.2) is 41.6 Å². The summed E-state index contributed by atoms with van der Waals surface area (Å²) in [6.45, 7) is 3.59. The van der Waals surface area contributed by atoms with Crippen molar-refractivity contribution in [3.05, 3.63) is 34.3 Å². The molecule has 0 radical (unpaired) electrons. The maximum absolute atomic E-state index is 14.5. The van der Waals surface area contributed by atoms with Crippen molar-refractivity contribution in [1.29, 1.82) is 0 Å². The number of rotatable bonds is 4. The van der Waals surface area contributed by atoms with Crippen molar-refractivity contribution in [1.82, 2.24) is 10.6 Å². The molecule has 0 bridgehead atoms. The van der Waals surface area contributed by atoms with Crippen LogP contribution in [0, 0.1) is 17.8 Å². The Kier molecular flexibility index (Phi) is 8.25. The lowest BCUT2D eigenvalue weighted by Gasteiger charge is -2.36. The van der Waals surface area contributed by atoms with E-state index in [-0.39, 0.29) is 29.4 Å². The van der Waals surface area contributed by atoms with E-state index in [1.165, 1.54) is 24.3 Å². The zero-order chi connectivity index (χ0) is 22.5. The highest BCUT2D eigenvalue weighted by molar-refractivity contribution is 9.10. The number of nitrogens with one attached hydrogen (secondary N) is 2. The van der Waals surface area contributed by atoms with Gasteiger partial charge in [-0.15, -0.1) is 11.8 Å². The van der Waals surface area contributed by atoms with E-state index in [1.807, 2.05) is 0 Å². The van der Waals surface area contributed by atoms with Crippen LogP contribution < -0.4 is 16.4 Å². The highest BCUT2D eigenvalue weighted by Gasteiger charge is 2.57. The fourth-order valence-corrected chi connectivity index (χ4v) is 4.08. The number of hydrogen-bond acceptors (Lipinski definition) is 4. The van der Waals surface area contributed by atoms with Crippen molar-refractivity contribution in [2.24, 2.45) is 11.7 Å². The molecule has 2 rings (SSSR count). The van der Waals surface area contributed by atoms with E-state index in [1.54, 1.807) is 13.8 Å². The molecule has 0 unspecified atom stereocenters. The monoisotopic (exact) mass is 505 g/mol. The van der Waals surface area contributed by atoms with Gasteiger partial charge in [-0.05, 0) is 30.0 Å². The van der Waals surface area contributed by atoms with E-state index >= 15 is 0 Å². The number of carbonyl (C=O) groups excluding carboxylic acids is 2. The van der Waals surface area contributed by atoms with Gasteiger partial charge in [0.05, 0.1) is 11.8 Å². The molecular weight excluding hydrogens is 483 g/mol. The summed E-state index contributed by atoms with van der Waals surface area (Å²) in [4.78, 5) is 24.6. The molecule has 0 aliphatic carbocycles. The Morgan fingerprint density at radius 3 is 2.53 bits per heavy atom. The van der Waals surface area contributed by atoms with Gasteiger partial charge in [-0.3, -0.25) is 14.9 Å². The summed E-state index contributed by atoms with van der Waals surface area (Å²) >= 11 is 4.36. The first-order chi connectivity index (χ1) is 14.0. The highest BCUT2D eigenvalue weighted by Crippen LogP contribution is 2.40. The van der Waals surface area contributed by atoms with Crippen LogP contribution in [0.5, 0.6) is 0 Å². The largest absolute Gasteiger partial charge is 0.422 e. The van der Waals surface area contributed by atoms with Crippen molar-refractivity contribution in [2.45, 2.75) is 44.1 Å². The van der Waals surface area contributed by atoms with E-state index in [0.717, 1.165) is 11.8 Å². The van der Waals surface area contributed by atoms with Crippen molar-refractivity contribution < 1.29 is 22.8 Å². The van der Waals surface area contributed by atoms with Crippen LogP contribution in [0.1, 0.15) is 25.8 Å². The second kappa shape index (κ2) is 10.1. The maximum atomic E-state index is 14.5. The Morgan fingerprint density at radius 2 is 2.00 bits per heavy atom. The average Bonchev–Trinajstić information content (AvgIpc) is 2.66. The number of hydrogen-bond donors (Lipinski definition) is 3. The van der Waals surface area contributed by atoms with Crippen LogP contribution in [0.2, 0.25) is 0 Å². The number of amides is 2. The fourth-order valence-electron chi connectivity index (χ4n) is 3.04. The molecule has 1 aliphatic heterocycles. The zero-order valence-corrected chi connectivity index (χ0v) is 18.9. The lowest BCUT2D eigenvalue weighted by molar-refractivity contribution is -0.185. The van der Waals surface area contributed by atoms with Crippen LogP contribution >= 0.6 is 27.7 Å². The van der Waals surface area contributed by atoms with Crippen molar-refractivity contribution >= 4 is 39.5 Å². The number of nitrogens with two attached hydrogens (primary N) is 1. The molecule has 1 aromatic rings. The van der Waals surface area contributed by atoms with Crippen LogP contribution in [-0.2, 0) is 15.1 Å². The van der Waals surface area contributed by atoms with E-state index in [0.29, 0.717) is 4.47 Å². The zero-order valence-electron chi connectivity index (χ0n) is 16.5. The lowest BCUT2D eigenvalue weighted by Crippen LogP contribution is -2.61. The quantitative estimate of drug-likeness (QED) is 0.549. The molecule has 0 saturated carbocycles. The molecular formula is C20H23BrF3N3O2S. The molecule has 0 spiro atoms. The van der Waals surface area contributed by atoms with Gasteiger partial charge < -0.3 is 11.1 Å². The first-order valence-electron chi connectivity index (χ1n) is 9.24. The Hall–Kier alpha value is -1.70. The SMILES string of the molecule is CC(C)C[C@@H]1N[C@@](c2ccc(Br)cc2)(C(F)(F)F)C#CCSC[C@@H](C(N)=O)NC1=O. The number of benzene rings is 1. The number of carbonyl (C=O) groups is 2. The van der Waals surface area contributed by atoms with Crippen molar-refractivity contribution in [3.8, 4) is 11.8 Å². The molecule has 1 heterocycles. The molecule has 0 aromatic heterocycles. The number of primary amides is 1. The van der Waals surface area contributed by atoms with Crippen LogP contribution in [0.3, 0.4) is 0 Å². The van der Waals surface area contributed by atoms with Gasteiger partial charge >= 0.3 is 6.18 Å². The highest BCUT2D eigenvalue weighted by atomic mass is 79.9. The number of alkyl halides is 3. The molecule has 0 fully saturated rings. The third kappa shape index (κ3) is 5.93. The normalized spacial score (nSPS) is 25.6. The Morgan fingerprint density at radius 1 is 1.37 bits per heavy atom. The maximum Gasteiger partial charge on any atom is 0.422 e. The lowest BCUT2D eigenvalue weighted by atomic mass is 9.87. The van der Waals surface area contributed by atoms with Gasteiger partial charge in [0.25, 0.3) is 0 Å². The Labute approximate surface area is 186 Å². The standard InChI is InChI=1S/C20H23BrF3N3O2S/c1-12(2)10-15-18(29)26-16(17(25)28)11-30-9-3-8-19(27-15,20(22,23)24)13-4-6-14(21)7-5-13/h4-7,12,15-16,27H,9-11H2,1-2H3,(H2,25,28)(H,26,29)/t15-,16-,19-/m0/s1. The number of halogens is 4. The summed E-state index contributed by atoms with van der Waals surface area (Å²) < 4.78 is 44.1. The smallest absolute Gasteiger partial charge is 0.368 e. The predicted molar refractivity (Wildman–Crippen MR) is 114 cm³/mol. The first kappa shape index (κ1) is 24.6. The van der Waals surface area contributed by atoms with Crippen molar-refractivity contribution in [2.75, 3.05) is 11.5 Å². The van der Waals surface area contributed by atoms with Gasteiger partial charge in [0.1, 0.15) is 6.04 Å². The van der Waals surface area contributed by atoms with E-state index in [9.17, 15) is 22.8 Å². The number of thioether (sulfide) groups is 1. The van der Waals surface area contributed by atoms with E-state index in [2.05, 4.69) is 38.4 Å². The molecule has 2 amide bonds. The minimum atomic E-state index is -4.81. The second-order valence-corrected chi connectivity index (χ2v) is 9.31. The molecule has 30 heavy (non-hydrogen) atoms. The third-order valence-electron chi connectivity index (χ3n) is 4.51. The third-order valence-corrected chi connectivity index (χ3v) is 5.96. The van der Waals surface area contributed by atoms with Gasteiger partial charge in [-0.2, -0.15) is 13.2 Å². The Balaban J connectivity index is 2.61. The van der Waals surface area contributed by atoms with Crippen LogP contribution in [0.15, 0.2) is 28.7 Å². The predicted octanol–water partition coefficient (Wildman–Crippen LogP) is 2.93. The molecule has 1 aromatic carbocycles. The summed E-state index contributed by atoms with van der Waals surface area (Å²) in [5.41, 5.74) is 2.47. The van der Waals surface area contributed by atoms with Crippen molar-refractivity contribution in [3.63, 3.8) is 0 Å². The average molecular weight is 506 g/mol. The van der Waals surface area contributed by atoms with E-state index in [4.69, 9.17) is 5.73 Å². The molecule has 5 nitrogen and oxygen atoms in total. The second-order valence-electron chi connectivity index (χ2n) is 7.36. The summed E-state index contributed by atoms with van der Waals surface area (Å²) in [5, 5.41) is 4.99. The summed E-state index contributed by atoms with van der Waals surface area (Å²) in [7, 11) is 0. The molecule has 164 valence electrons. The molecule has 0 saturated heterocycles. The Bertz CT molecular complexity index is 836. The molecule has 10 heteroatoms. The van der Waals surface area contributed by atoms with Gasteiger partial charge in [-0.1, -0.05) is 53.8 Å². The van der Waals surface area contributed by atoms with Gasteiger partial charge in [0.15, 0.2) is 0 Å². The summed E-state index contributed by atoms with van der Waals surface area (Å²) in [5.74, 6) is 3.53. The first-order valence-corrected chi connectivity index (χ1v) is 11.2. The van der Waals surface area contributed by atoms with Crippen LogP contribution in [0.25, 0.3) is 0 Å². The van der Waals surface area contributed by atoms with Gasteiger partial charge in [-0.25, -0.2) is 0 Å². The molecule has 1 aliphatic rings. The topological polar surface area (TPSA) is 84.2 Å².